The number of thioether (sulfide) groups is 1. The number of thiazole rings is 1. The molecule has 0 aliphatic rings. The molecule has 6 nitrogen and oxygen atoms in total. The van der Waals surface area contributed by atoms with Crippen molar-refractivity contribution in [1.29, 1.82) is 0 Å². The monoisotopic (exact) mass is 451 g/mol. The summed E-state index contributed by atoms with van der Waals surface area (Å²) < 4.78 is 7.30. The van der Waals surface area contributed by atoms with Crippen molar-refractivity contribution < 1.29 is 4.74 Å². The lowest BCUT2D eigenvalue weighted by atomic mass is 10.1. The molecule has 31 heavy (non-hydrogen) atoms. The first-order chi connectivity index (χ1) is 15.1. The number of benzene rings is 2. The number of ether oxygens (including phenoxy) is 1. The van der Waals surface area contributed by atoms with Crippen LogP contribution in [-0.4, -0.2) is 27.5 Å². The molecule has 0 bridgehead atoms. The van der Waals surface area contributed by atoms with E-state index in [0.717, 1.165) is 28.2 Å². The highest BCUT2D eigenvalue weighted by atomic mass is 32.2. The van der Waals surface area contributed by atoms with Gasteiger partial charge in [-0.3, -0.25) is 9.59 Å². The van der Waals surface area contributed by atoms with E-state index >= 15 is 0 Å². The third kappa shape index (κ3) is 4.86. The summed E-state index contributed by atoms with van der Waals surface area (Å²) in [5, 5.41) is 4.32. The van der Waals surface area contributed by atoms with Crippen molar-refractivity contribution in [1.82, 2.24) is 14.6 Å². The van der Waals surface area contributed by atoms with Gasteiger partial charge in [-0.15, -0.1) is 11.8 Å². The highest BCUT2D eigenvalue weighted by Crippen LogP contribution is 2.16. The Balaban J connectivity index is 1.65. The molecule has 158 valence electrons. The first-order valence-electron chi connectivity index (χ1n) is 9.87. The van der Waals surface area contributed by atoms with Gasteiger partial charge >= 0.3 is 0 Å². The van der Waals surface area contributed by atoms with Gasteiger partial charge in [-0.25, -0.2) is 0 Å². The van der Waals surface area contributed by atoms with E-state index in [4.69, 9.17) is 4.74 Å². The molecule has 0 unspecified atom stereocenters. The summed E-state index contributed by atoms with van der Waals surface area (Å²) in [5.41, 5.74) is 1.37. The minimum atomic E-state index is -0.413. The Morgan fingerprint density at radius 2 is 1.84 bits per heavy atom. The lowest BCUT2D eigenvalue weighted by molar-refractivity contribution is 0.317. The predicted molar refractivity (Wildman–Crippen MR) is 125 cm³/mol. The number of nitrogens with zero attached hydrogens (tertiary/aromatic N) is 3. The smallest absolute Gasteiger partial charge is 0.296 e. The SMILES string of the molecule is CCCOc1ccc(Cc2nn3c(=O)c(=Cc4ccc(SC)cc4)sc3nc2=O)cc1. The Morgan fingerprint density at radius 1 is 1.10 bits per heavy atom. The maximum Gasteiger partial charge on any atom is 0.296 e. The van der Waals surface area contributed by atoms with E-state index < -0.39 is 5.56 Å². The molecule has 2 aromatic heterocycles. The molecule has 0 saturated heterocycles. The fourth-order valence-corrected chi connectivity index (χ4v) is 4.33. The maximum absolute atomic E-state index is 12.8. The van der Waals surface area contributed by atoms with Crippen LogP contribution in [0.25, 0.3) is 11.0 Å². The number of fused-ring (bicyclic) bond motifs is 1. The van der Waals surface area contributed by atoms with E-state index in [1.165, 1.54) is 15.9 Å². The van der Waals surface area contributed by atoms with E-state index in [1.54, 1.807) is 17.8 Å². The average molecular weight is 452 g/mol. The molecule has 0 amide bonds. The van der Waals surface area contributed by atoms with E-state index in [0.29, 0.717) is 22.5 Å². The van der Waals surface area contributed by atoms with Gasteiger partial charge in [0.05, 0.1) is 11.1 Å². The van der Waals surface area contributed by atoms with Crippen molar-refractivity contribution in [2.45, 2.75) is 24.7 Å². The second-order valence-electron chi connectivity index (χ2n) is 6.92. The quantitative estimate of drug-likeness (QED) is 0.402. The fourth-order valence-electron chi connectivity index (χ4n) is 3.02. The van der Waals surface area contributed by atoms with Gasteiger partial charge in [-0.2, -0.15) is 14.6 Å². The highest BCUT2D eigenvalue weighted by molar-refractivity contribution is 7.98. The van der Waals surface area contributed by atoms with E-state index in [-0.39, 0.29) is 11.3 Å². The van der Waals surface area contributed by atoms with Gasteiger partial charge in [0.1, 0.15) is 11.4 Å². The predicted octanol–water partition coefficient (Wildman–Crippen LogP) is 3.16. The van der Waals surface area contributed by atoms with Crippen LogP contribution in [0.1, 0.15) is 30.2 Å². The largest absolute Gasteiger partial charge is 0.494 e. The molecule has 2 heterocycles. The van der Waals surface area contributed by atoms with Crippen LogP contribution in [0.4, 0.5) is 0 Å². The van der Waals surface area contributed by atoms with Gasteiger partial charge in [0.2, 0.25) is 4.96 Å². The van der Waals surface area contributed by atoms with Crippen LogP contribution < -0.4 is 20.4 Å². The average Bonchev–Trinajstić information content (AvgIpc) is 3.08. The van der Waals surface area contributed by atoms with E-state index in [9.17, 15) is 9.59 Å². The first-order valence-corrected chi connectivity index (χ1v) is 11.9. The molecular formula is C23H21N3O3S2. The van der Waals surface area contributed by atoms with Crippen LogP contribution in [0, 0.1) is 0 Å². The zero-order valence-corrected chi connectivity index (χ0v) is 18.8. The van der Waals surface area contributed by atoms with Crippen LogP contribution in [0.5, 0.6) is 5.75 Å². The Hall–Kier alpha value is -2.97. The summed E-state index contributed by atoms with van der Waals surface area (Å²) in [7, 11) is 0. The van der Waals surface area contributed by atoms with Gasteiger partial charge in [0, 0.05) is 11.3 Å². The van der Waals surface area contributed by atoms with E-state index in [2.05, 4.69) is 17.0 Å². The minimum absolute atomic E-state index is 0.241. The van der Waals surface area contributed by atoms with Crippen LogP contribution in [0.3, 0.4) is 0 Å². The lowest BCUT2D eigenvalue weighted by Crippen LogP contribution is -2.28. The zero-order valence-electron chi connectivity index (χ0n) is 17.2. The number of hydrogen-bond donors (Lipinski definition) is 0. The molecule has 0 fully saturated rings. The lowest BCUT2D eigenvalue weighted by Gasteiger charge is -2.05. The Bertz CT molecular complexity index is 1360. The number of aromatic nitrogens is 3. The molecule has 8 heteroatoms. The summed E-state index contributed by atoms with van der Waals surface area (Å²) >= 11 is 2.83. The van der Waals surface area contributed by atoms with Gasteiger partial charge in [0.15, 0.2) is 0 Å². The van der Waals surface area contributed by atoms with Crippen LogP contribution in [0.2, 0.25) is 0 Å². The third-order valence-corrected chi connectivity index (χ3v) is 6.33. The summed E-state index contributed by atoms with van der Waals surface area (Å²) in [5.74, 6) is 0.786. The Morgan fingerprint density at radius 3 is 2.52 bits per heavy atom. The van der Waals surface area contributed by atoms with Gasteiger partial charge in [-0.1, -0.05) is 42.5 Å². The minimum Gasteiger partial charge on any atom is -0.494 e. The number of rotatable bonds is 7. The van der Waals surface area contributed by atoms with Crippen LogP contribution >= 0.6 is 23.1 Å². The van der Waals surface area contributed by atoms with Gasteiger partial charge < -0.3 is 4.74 Å². The molecule has 0 aliphatic carbocycles. The molecule has 4 aromatic rings. The van der Waals surface area contributed by atoms with Crippen molar-refractivity contribution >= 4 is 34.1 Å². The normalized spacial score (nSPS) is 11.9. The summed E-state index contributed by atoms with van der Waals surface area (Å²) in [6.07, 6.45) is 5.05. The van der Waals surface area contributed by atoms with Gasteiger partial charge in [0.25, 0.3) is 11.1 Å². The Kier molecular flexibility index (Phi) is 6.48. The van der Waals surface area contributed by atoms with Gasteiger partial charge in [-0.05, 0) is 54.1 Å². The van der Waals surface area contributed by atoms with Crippen molar-refractivity contribution in [3.63, 3.8) is 0 Å². The molecular weight excluding hydrogens is 430 g/mol. The highest BCUT2D eigenvalue weighted by Gasteiger charge is 2.12. The molecule has 0 radical (unpaired) electrons. The van der Waals surface area contributed by atoms with E-state index in [1.807, 2.05) is 54.8 Å². The van der Waals surface area contributed by atoms with Crippen LogP contribution in [0.15, 0.2) is 63.0 Å². The maximum atomic E-state index is 12.8. The fraction of sp³-hybridized carbons (Fsp3) is 0.217. The zero-order chi connectivity index (χ0) is 21.8. The molecule has 0 N–H and O–H groups in total. The van der Waals surface area contributed by atoms with Crippen molar-refractivity contribution in [2.75, 3.05) is 12.9 Å². The molecule has 0 aliphatic heterocycles. The molecule has 2 aromatic carbocycles. The number of hydrogen-bond acceptors (Lipinski definition) is 7. The van der Waals surface area contributed by atoms with Crippen molar-refractivity contribution in [2.24, 2.45) is 0 Å². The second kappa shape index (κ2) is 9.45. The summed E-state index contributed by atoms with van der Waals surface area (Å²) in [4.78, 5) is 30.9. The summed E-state index contributed by atoms with van der Waals surface area (Å²) in [6, 6.07) is 15.4. The Labute approximate surface area is 187 Å². The molecule has 4 rings (SSSR count). The molecule has 0 saturated carbocycles. The first kappa shape index (κ1) is 21.3. The molecule has 0 atom stereocenters. The van der Waals surface area contributed by atoms with Crippen LogP contribution in [-0.2, 0) is 6.42 Å². The second-order valence-corrected chi connectivity index (χ2v) is 8.80. The molecule has 0 spiro atoms. The topological polar surface area (TPSA) is 73.6 Å². The standard InChI is InChI=1S/C23H21N3O3S2/c1-3-12-29-17-8-4-15(5-9-17)13-19-21(27)24-23-26(25-19)22(28)20(31-23)14-16-6-10-18(30-2)11-7-16/h4-11,14H,3,12-13H2,1-2H3. The van der Waals surface area contributed by atoms with Crippen molar-refractivity contribution in [3.8, 4) is 5.75 Å². The summed E-state index contributed by atoms with van der Waals surface area (Å²) in [6.45, 7) is 2.71. The third-order valence-electron chi connectivity index (χ3n) is 4.63. The van der Waals surface area contributed by atoms with Crippen molar-refractivity contribution in [3.05, 3.63) is 90.6 Å².